The molecule has 1 saturated carbocycles. The summed E-state index contributed by atoms with van der Waals surface area (Å²) in [7, 11) is 0. The van der Waals surface area contributed by atoms with Crippen LogP contribution in [-0.2, 0) is 9.47 Å². The molecule has 37 heavy (non-hydrogen) atoms. The Morgan fingerprint density at radius 2 is 2.03 bits per heavy atom. The van der Waals surface area contributed by atoms with Crippen LogP contribution in [0.2, 0.25) is 0 Å². The number of hydrogen-bond donors (Lipinski definition) is 3. The van der Waals surface area contributed by atoms with Gasteiger partial charge in [-0.3, -0.25) is 10.3 Å². The zero-order chi connectivity index (χ0) is 25.8. The number of halogens is 1. The molecule has 0 radical (unpaired) electrons. The van der Waals surface area contributed by atoms with Gasteiger partial charge in [-0.05, 0) is 44.4 Å². The molecule has 3 N–H and O–H groups in total. The first-order valence-corrected chi connectivity index (χ1v) is 12.4. The molecular formula is C25H30FN7O4. The molecule has 3 aliphatic rings. The molecular weight excluding hydrogens is 481 g/mol. The summed E-state index contributed by atoms with van der Waals surface area (Å²) in [5.74, 6) is 0.358. The van der Waals surface area contributed by atoms with E-state index in [1.54, 1.807) is 12.1 Å². The number of piperidine rings is 1. The van der Waals surface area contributed by atoms with Crippen LogP contribution >= 0.6 is 0 Å². The summed E-state index contributed by atoms with van der Waals surface area (Å²) in [6.07, 6.45) is 7.37. The van der Waals surface area contributed by atoms with Crippen molar-refractivity contribution in [2.75, 3.05) is 23.8 Å². The molecule has 1 aromatic heterocycles. The van der Waals surface area contributed by atoms with Crippen molar-refractivity contribution in [1.82, 2.24) is 14.9 Å². The first-order chi connectivity index (χ1) is 18.0. The van der Waals surface area contributed by atoms with Crippen molar-refractivity contribution in [1.29, 1.82) is 5.41 Å². The molecule has 2 aromatic rings. The van der Waals surface area contributed by atoms with Gasteiger partial charge < -0.3 is 24.8 Å². The standard InChI is InChI=1S/C25H30FN7O4/c1-15-23(32-22-6-5-16(7-21(22)26)29-13-28-12-27)30-14-31-24(15)36-20-8-17-10-35-11-18(9-20)33(17)25(34)37-19-3-2-4-19/h5-7,12-14,17-20H,2-4,8-11H2,1H3,(H2,27,28,29)(H,30,31,32). The van der Waals surface area contributed by atoms with Crippen LogP contribution in [-0.4, -0.2) is 71.1 Å². The van der Waals surface area contributed by atoms with Gasteiger partial charge in [-0.1, -0.05) is 0 Å². The third-order valence-corrected chi connectivity index (χ3v) is 6.93. The summed E-state index contributed by atoms with van der Waals surface area (Å²) >= 11 is 0. The summed E-state index contributed by atoms with van der Waals surface area (Å²) in [4.78, 5) is 26.8. The number of anilines is 3. The van der Waals surface area contributed by atoms with Crippen molar-refractivity contribution in [2.45, 2.75) is 63.3 Å². The minimum Gasteiger partial charge on any atom is -0.474 e. The molecule has 5 rings (SSSR count). The largest absolute Gasteiger partial charge is 0.474 e. The second-order valence-corrected chi connectivity index (χ2v) is 9.42. The minimum absolute atomic E-state index is 0.0382. The smallest absolute Gasteiger partial charge is 0.410 e. The quantitative estimate of drug-likeness (QED) is 0.358. The fourth-order valence-corrected chi connectivity index (χ4v) is 4.77. The lowest BCUT2D eigenvalue weighted by Crippen LogP contribution is -2.61. The number of nitrogens with one attached hydrogen (secondary N) is 3. The molecule has 12 heteroatoms. The van der Waals surface area contributed by atoms with Gasteiger partial charge in [0.25, 0.3) is 0 Å². The van der Waals surface area contributed by atoms with Crippen LogP contribution in [0.25, 0.3) is 0 Å². The highest BCUT2D eigenvalue weighted by Crippen LogP contribution is 2.34. The fraction of sp³-hybridized carbons (Fsp3) is 0.480. The number of aliphatic imine (C=N–C) groups is 1. The maximum absolute atomic E-state index is 14.7. The van der Waals surface area contributed by atoms with Gasteiger partial charge in [0.15, 0.2) is 0 Å². The van der Waals surface area contributed by atoms with Crippen molar-refractivity contribution in [3.63, 3.8) is 0 Å². The predicted molar refractivity (Wildman–Crippen MR) is 135 cm³/mol. The lowest BCUT2D eigenvalue weighted by molar-refractivity contribution is -0.0984. The minimum atomic E-state index is -0.484. The normalized spacial score (nSPS) is 23.3. The Morgan fingerprint density at radius 1 is 1.24 bits per heavy atom. The summed E-state index contributed by atoms with van der Waals surface area (Å²) in [6, 6.07) is 4.35. The number of aromatic nitrogens is 2. The van der Waals surface area contributed by atoms with Crippen LogP contribution in [0.4, 0.5) is 26.4 Å². The average Bonchev–Trinajstić information content (AvgIpc) is 2.85. The Bertz CT molecular complexity index is 1160. The van der Waals surface area contributed by atoms with Gasteiger partial charge in [-0.15, -0.1) is 0 Å². The van der Waals surface area contributed by atoms with E-state index in [1.165, 1.54) is 18.7 Å². The number of nitrogens with zero attached hydrogens (tertiary/aromatic N) is 4. The first-order valence-electron chi connectivity index (χ1n) is 12.4. The van der Waals surface area contributed by atoms with Crippen molar-refractivity contribution in [3.05, 3.63) is 35.9 Å². The summed E-state index contributed by atoms with van der Waals surface area (Å²) in [5, 5.41) is 12.7. The van der Waals surface area contributed by atoms with Crippen molar-refractivity contribution < 1.29 is 23.4 Å². The average molecular weight is 512 g/mol. The van der Waals surface area contributed by atoms with E-state index in [2.05, 4.69) is 25.6 Å². The van der Waals surface area contributed by atoms with E-state index < -0.39 is 5.82 Å². The highest BCUT2D eigenvalue weighted by molar-refractivity contribution is 5.81. The van der Waals surface area contributed by atoms with E-state index in [9.17, 15) is 9.18 Å². The second kappa shape index (κ2) is 11.1. The molecule has 2 bridgehead atoms. The topological polar surface area (TPSA) is 134 Å². The van der Waals surface area contributed by atoms with Gasteiger partial charge in [0.1, 0.15) is 36.5 Å². The Labute approximate surface area is 213 Å². The maximum Gasteiger partial charge on any atom is 0.410 e. The van der Waals surface area contributed by atoms with E-state index in [0.29, 0.717) is 49.0 Å². The van der Waals surface area contributed by atoms with Gasteiger partial charge >= 0.3 is 6.09 Å². The number of hydrogen-bond acceptors (Lipinski definition) is 8. The number of ether oxygens (including phenoxy) is 3. The molecule has 2 aliphatic heterocycles. The van der Waals surface area contributed by atoms with Gasteiger partial charge in [-0.25, -0.2) is 24.1 Å². The number of morpholine rings is 1. The Morgan fingerprint density at radius 3 is 2.70 bits per heavy atom. The first kappa shape index (κ1) is 24.9. The molecule has 3 heterocycles. The third-order valence-electron chi connectivity index (χ3n) is 6.93. The second-order valence-electron chi connectivity index (χ2n) is 9.42. The zero-order valence-electron chi connectivity index (χ0n) is 20.5. The van der Waals surface area contributed by atoms with Gasteiger partial charge in [-0.2, -0.15) is 0 Å². The van der Waals surface area contributed by atoms with E-state index in [0.717, 1.165) is 25.6 Å². The Balaban J connectivity index is 1.24. The summed E-state index contributed by atoms with van der Waals surface area (Å²) < 4.78 is 32.3. The van der Waals surface area contributed by atoms with Crippen LogP contribution < -0.4 is 15.4 Å². The van der Waals surface area contributed by atoms with E-state index in [4.69, 9.17) is 19.6 Å². The van der Waals surface area contributed by atoms with Crippen molar-refractivity contribution >= 4 is 36.0 Å². The van der Waals surface area contributed by atoms with Gasteiger partial charge in [0.2, 0.25) is 5.88 Å². The molecule has 2 saturated heterocycles. The molecule has 11 nitrogen and oxygen atoms in total. The molecule has 3 fully saturated rings. The van der Waals surface area contributed by atoms with Crippen LogP contribution in [0.5, 0.6) is 5.88 Å². The number of carbonyl (C=O) groups excluding carboxylic acids is 1. The monoisotopic (exact) mass is 511 g/mol. The number of rotatable bonds is 8. The van der Waals surface area contributed by atoms with Crippen molar-refractivity contribution in [3.8, 4) is 5.88 Å². The summed E-state index contributed by atoms with van der Waals surface area (Å²) in [5.41, 5.74) is 1.39. The molecule has 1 aliphatic carbocycles. The van der Waals surface area contributed by atoms with E-state index >= 15 is 0 Å². The third kappa shape index (κ3) is 5.63. The highest BCUT2D eigenvalue weighted by atomic mass is 19.1. The van der Waals surface area contributed by atoms with Crippen molar-refractivity contribution in [2.24, 2.45) is 4.99 Å². The fourth-order valence-electron chi connectivity index (χ4n) is 4.77. The molecule has 2 atom stereocenters. The zero-order valence-corrected chi connectivity index (χ0v) is 20.5. The lowest BCUT2D eigenvalue weighted by Gasteiger charge is -2.47. The number of carbonyl (C=O) groups is 1. The maximum atomic E-state index is 14.7. The van der Waals surface area contributed by atoms with Crippen LogP contribution in [0.15, 0.2) is 29.5 Å². The number of amides is 1. The Kier molecular flexibility index (Phi) is 7.45. The van der Waals surface area contributed by atoms with Crippen LogP contribution in [0.3, 0.4) is 0 Å². The molecule has 0 spiro atoms. The number of benzene rings is 1. The molecule has 1 aromatic carbocycles. The lowest BCUT2D eigenvalue weighted by atomic mass is 9.92. The van der Waals surface area contributed by atoms with E-state index in [-0.39, 0.29) is 36.1 Å². The highest BCUT2D eigenvalue weighted by Gasteiger charge is 2.44. The predicted octanol–water partition coefficient (Wildman–Crippen LogP) is 4.01. The SMILES string of the molecule is Cc1c(Nc2ccc(N/C=N\C=N)cc2F)ncnc1OC1CC2COCC(C1)N2C(=O)OC1CCC1. The van der Waals surface area contributed by atoms with Gasteiger partial charge in [0.05, 0.1) is 42.9 Å². The van der Waals surface area contributed by atoms with Crippen LogP contribution in [0, 0.1) is 18.2 Å². The van der Waals surface area contributed by atoms with Crippen LogP contribution in [0.1, 0.15) is 37.7 Å². The molecule has 196 valence electrons. The number of fused-ring (bicyclic) bond motifs is 2. The summed E-state index contributed by atoms with van der Waals surface area (Å²) in [6.45, 7) is 2.71. The van der Waals surface area contributed by atoms with E-state index in [1.807, 2.05) is 11.8 Å². The molecule has 1 amide bonds. The van der Waals surface area contributed by atoms with Gasteiger partial charge in [0, 0.05) is 18.5 Å². The Hall–Kier alpha value is -3.80. The molecule has 2 unspecified atom stereocenters.